The van der Waals surface area contributed by atoms with E-state index in [0.29, 0.717) is 16.7 Å². The first-order chi connectivity index (χ1) is 17.3. The number of aryl methyl sites for hydroxylation is 1. The average molecular weight is 486 g/mol. The Morgan fingerprint density at radius 2 is 1.69 bits per heavy atom. The van der Waals surface area contributed by atoms with Crippen LogP contribution in [-0.4, -0.2) is 41.9 Å². The maximum absolute atomic E-state index is 13.0. The van der Waals surface area contributed by atoms with Gasteiger partial charge in [0.2, 0.25) is 5.72 Å². The van der Waals surface area contributed by atoms with Crippen LogP contribution in [0.1, 0.15) is 18.1 Å². The summed E-state index contributed by atoms with van der Waals surface area (Å²) in [6.07, 6.45) is -1.09. The van der Waals surface area contributed by atoms with Gasteiger partial charge in [0.1, 0.15) is 0 Å². The van der Waals surface area contributed by atoms with Crippen molar-refractivity contribution in [2.45, 2.75) is 25.7 Å². The molecule has 9 nitrogen and oxygen atoms in total. The molecule has 0 radical (unpaired) electrons. The van der Waals surface area contributed by atoms with Crippen molar-refractivity contribution in [2.24, 2.45) is 9.98 Å². The van der Waals surface area contributed by atoms with Gasteiger partial charge in [-0.25, -0.2) is 14.6 Å². The summed E-state index contributed by atoms with van der Waals surface area (Å²) in [5.41, 5.74) is 0.852. The number of hydrogen-bond acceptors (Lipinski definition) is 7. The highest BCUT2D eigenvalue weighted by molar-refractivity contribution is 6.07. The molecule has 1 heterocycles. The minimum absolute atomic E-state index is 0.0828. The van der Waals surface area contributed by atoms with Gasteiger partial charge in [0, 0.05) is 16.5 Å². The van der Waals surface area contributed by atoms with Crippen LogP contribution < -0.4 is 26.5 Å². The van der Waals surface area contributed by atoms with E-state index in [1.165, 1.54) is 14.0 Å². The summed E-state index contributed by atoms with van der Waals surface area (Å²) in [6.45, 7) is 3.17. The third-order valence-electron chi connectivity index (χ3n) is 5.48. The number of ether oxygens (including phenoxy) is 1. The lowest BCUT2D eigenvalue weighted by Crippen LogP contribution is -2.59. The first-order valence-corrected chi connectivity index (χ1v) is 11.3. The largest absolute Gasteiger partial charge is 0.466 e. The Morgan fingerprint density at radius 1 is 0.972 bits per heavy atom. The third-order valence-corrected chi connectivity index (χ3v) is 5.48. The fraction of sp³-hybridized carbons (Fsp3) is 0.185. The lowest BCUT2D eigenvalue weighted by Gasteiger charge is -2.26. The number of urea groups is 1. The molecule has 0 saturated heterocycles. The van der Waals surface area contributed by atoms with Crippen molar-refractivity contribution in [3.63, 3.8) is 0 Å². The van der Waals surface area contributed by atoms with Gasteiger partial charge in [0.15, 0.2) is 12.0 Å². The van der Waals surface area contributed by atoms with Crippen LogP contribution in [0.3, 0.4) is 0 Å². The molecule has 4 rings (SSSR count). The number of carbonyl (C=O) groups excluding carboxylic acids is 2. The van der Waals surface area contributed by atoms with Gasteiger partial charge in [0.05, 0.1) is 18.2 Å². The van der Waals surface area contributed by atoms with Gasteiger partial charge in [-0.1, -0.05) is 60.7 Å². The number of carbonyl (C=O) groups is 2. The molecule has 1 aliphatic rings. The Hall–Kier alpha value is -4.34. The predicted molar refractivity (Wildman–Crippen MR) is 137 cm³/mol. The van der Waals surface area contributed by atoms with E-state index in [0.717, 1.165) is 16.3 Å². The lowest BCUT2D eigenvalue weighted by atomic mass is 10.1. The Labute approximate surface area is 208 Å². The molecule has 2 amide bonds. The van der Waals surface area contributed by atoms with Crippen molar-refractivity contribution in [1.82, 2.24) is 10.6 Å². The number of nitrogens with one attached hydrogen (secondary N) is 3. The van der Waals surface area contributed by atoms with Crippen LogP contribution in [0.4, 0.5) is 10.5 Å². The molecular weight excluding hydrogens is 458 g/mol. The monoisotopic (exact) mass is 485 g/mol. The number of esters is 1. The van der Waals surface area contributed by atoms with Gasteiger partial charge in [-0.2, -0.15) is 0 Å². The predicted octanol–water partition coefficient (Wildman–Crippen LogP) is 1.80. The highest BCUT2D eigenvalue weighted by Crippen LogP contribution is 2.15. The fourth-order valence-electron chi connectivity index (χ4n) is 3.77. The lowest BCUT2D eigenvalue weighted by molar-refractivity contribution is -0.164. The van der Waals surface area contributed by atoms with Gasteiger partial charge in [0.25, 0.3) is 0 Å². The molecule has 0 fully saturated rings. The SMILES string of the molecule is COC(=O)[C@@](C)(O)N[C@@H]1N=c2ccccc2=C(c2ccccc2)N=C1NC(=O)Nc1cccc(C)c1. The number of benzene rings is 3. The molecule has 184 valence electrons. The molecule has 2 atom stereocenters. The Morgan fingerprint density at radius 3 is 2.42 bits per heavy atom. The molecule has 36 heavy (non-hydrogen) atoms. The summed E-state index contributed by atoms with van der Waals surface area (Å²) < 4.78 is 4.72. The zero-order chi connectivity index (χ0) is 25.7. The van der Waals surface area contributed by atoms with Gasteiger partial charge in [-0.3, -0.25) is 15.6 Å². The second-order valence-corrected chi connectivity index (χ2v) is 8.42. The molecule has 0 spiro atoms. The van der Waals surface area contributed by atoms with Crippen molar-refractivity contribution >= 4 is 29.2 Å². The summed E-state index contributed by atoms with van der Waals surface area (Å²) in [6, 6.07) is 23.6. The van der Waals surface area contributed by atoms with Crippen molar-refractivity contribution in [3.8, 4) is 0 Å². The van der Waals surface area contributed by atoms with Crippen LogP contribution in [0.25, 0.3) is 5.70 Å². The Kier molecular flexibility index (Phi) is 7.23. The Balaban J connectivity index is 1.80. The fourth-order valence-corrected chi connectivity index (χ4v) is 3.77. The highest BCUT2D eigenvalue weighted by Gasteiger charge is 2.36. The van der Waals surface area contributed by atoms with E-state index in [2.05, 4.69) is 16.0 Å². The summed E-state index contributed by atoms with van der Waals surface area (Å²) >= 11 is 0. The summed E-state index contributed by atoms with van der Waals surface area (Å²) in [7, 11) is 1.17. The topological polar surface area (TPSA) is 124 Å². The van der Waals surface area contributed by atoms with Gasteiger partial charge in [-0.15, -0.1) is 0 Å². The highest BCUT2D eigenvalue weighted by atomic mass is 16.5. The van der Waals surface area contributed by atoms with E-state index in [1.807, 2.05) is 73.7 Å². The number of anilines is 1. The number of aliphatic imine (C=N–C) groups is 1. The van der Waals surface area contributed by atoms with E-state index >= 15 is 0 Å². The zero-order valence-electron chi connectivity index (χ0n) is 20.1. The van der Waals surface area contributed by atoms with Crippen LogP contribution in [0, 0.1) is 6.92 Å². The second kappa shape index (κ2) is 10.5. The van der Waals surface area contributed by atoms with Gasteiger partial charge < -0.3 is 15.2 Å². The maximum atomic E-state index is 13.0. The summed E-state index contributed by atoms with van der Waals surface area (Å²) in [4.78, 5) is 34.7. The number of amidine groups is 1. The van der Waals surface area contributed by atoms with Gasteiger partial charge in [-0.05, 0) is 37.6 Å². The van der Waals surface area contributed by atoms with Crippen LogP contribution in [0.5, 0.6) is 0 Å². The minimum atomic E-state index is -2.11. The molecule has 0 unspecified atom stereocenters. The molecule has 1 aliphatic heterocycles. The molecule has 0 aromatic heterocycles. The summed E-state index contributed by atoms with van der Waals surface area (Å²) in [5.74, 6) is -0.828. The number of hydrogen-bond donors (Lipinski definition) is 4. The van der Waals surface area contributed by atoms with E-state index in [-0.39, 0.29) is 5.84 Å². The van der Waals surface area contributed by atoms with Crippen LogP contribution >= 0.6 is 0 Å². The maximum Gasteiger partial charge on any atom is 0.353 e. The second-order valence-electron chi connectivity index (χ2n) is 8.42. The third kappa shape index (κ3) is 5.65. The van der Waals surface area contributed by atoms with E-state index in [4.69, 9.17) is 14.7 Å². The van der Waals surface area contributed by atoms with Gasteiger partial charge >= 0.3 is 12.0 Å². The van der Waals surface area contributed by atoms with Crippen molar-refractivity contribution in [1.29, 1.82) is 0 Å². The number of methoxy groups -OCH3 is 1. The normalized spacial score (nSPS) is 16.4. The number of para-hydroxylation sites is 1. The standard InChI is InChI=1S/C27H27N5O4/c1-17-10-9-13-19(16-17)28-26(34)31-23-24(32-27(2,35)25(33)36-3)29-21-15-8-7-14-20(21)22(30-23)18-11-5-4-6-12-18/h4-16,24,32,35H,1-3H3,(H2,28,30,31,34)/t24-,27+/m0/s1. The Bertz CT molecular complexity index is 1430. The smallest absolute Gasteiger partial charge is 0.353 e. The molecule has 3 aromatic rings. The van der Waals surface area contributed by atoms with Crippen molar-refractivity contribution in [3.05, 3.63) is 101 Å². The number of aliphatic hydroxyl groups is 1. The number of nitrogens with zero attached hydrogens (tertiary/aromatic N) is 2. The summed E-state index contributed by atoms with van der Waals surface area (Å²) in [5, 5.41) is 20.3. The van der Waals surface area contributed by atoms with E-state index in [9.17, 15) is 14.7 Å². The molecule has 3 aromatic carbocycles. The van der Waals surface area contributed by atoms with E-state index in [1.54, 1.807) is 12.1 Å². The molecular formula is C27H27N5O4. The zero-order valence-corrected chi connectivity index (χ0v) is 20.1. The first-order valence-electron chi connectivity index (χ1n) is 11.3. The van der Waals surface area contributed by atoms with Crippen LogP contribution in [0.2, 0.25) is 0 Å². The number of rotatable bonds is 5. The van der Waals surface area contributed by atoms with Crippen LogP contribution in [-0.2, 0) is 9.53 Å². The number of fused-ring (bicyclic) bond motifs is 1. The van der Waals surface area contributed by atoms with Crippen molar-refractivity contribution in [2.75, 3.05) is 12.4 Å². The molecule has 4 N–H and O–H groups in total. The minimum Gasteiger partial charge on any atom is -0.466 e. The van der Waals surface area contributed by atoms with Crippen molar-refractivity contribution < 1.29 is 19.4 Å². The van der Waals surface area contributed by atoms with Crippen LogP contribution in [0.15, 0.2) is 88.8 Å². The molecule has 0 aliphatic carbocycles. The number of amides is 2. The molecule has 0 bridgehead atoms. The molecule has 9 heteroatoms. The van der Waals surface area contributed by atoms with E-state index < -0.39 is 23.9 Å². The quantitative estimate of drug-likeness (QED) is 0.324. The first kappa shape index (κ1) is 24.8. The molecule has 0 saturated carbocycles. The average Bonchev–Trinajstić information content (AvgIpc) is 3.00.